The van der Waals surface area contributed by atoms with Crippen LogP contribution in [0.5, 0.6) is 0 Å². The highest BCUT2D eigenvalue weighted by atomic mass is 35.5. The molecule has 0 aromatic heterocycles. The summed E-state index contributed by atoms with van der Waals surface area (Å²) in [6, 6.07) is 8.98. The van der Waals surface area contributed by atoms with Gasteiger partial charge < -0.3 is 11.1 Å². The lowest BCUT2D eigenvalue weighted by molar-refractivity contribution is -0.122. The van der Waals surface area contributed by atoms with Crippen molar-refractivity contribution in [3.8, 4) is 0 Å². The van der Waals surface area contributed by atoms with E-state index in [2.05, 4.69) is 19.2 Å². The molecule has 0 bridgehead atoms. The van der Waals surface area contributed by atoms with E-state index in [1.807, 2.05) is 30.3 Å². The number of rotatable bonds is 4. The van der Waals surface area contributed by atoms with E-state index in [4.69, 9.17) is 5.73 Å². The fraction of sp³-hybridized carbons (Fsp3) is 0.588. The molecule has 4 heteroatoms. The lowest BCUT2D eigenvalue weighted by Crippen LogP contribution is -2.38. The zero-order valence-corrected chi connectivity index (χ0v) is 13.8. The minimum Gasteiger partial charge on any atom is -0.354 e. The molecule has 0 radical (unpaired) electrons. The molecule has 1 unspecified atom stereocenters. The number of amides is 1. The number of carbonyl (C=O) groups is 1. The minimum absolute atomic E-state index is 0. The van der Waals surface area contributed by atoms with Crippen LogP contribution in [0.1, 0.15) is 51.1 Å². The average molecular weight is 311 g/mol. The standard InChI is InChI=1S/C17H26N2O.ClH/c1-17(2)10-8-13(9-11-17)12-19-16(20)15(18)14-6-4-3-5-7-14;/h3-7,13,15H,8-12,18H2,1-2H3,(H,19,20);1H. The number of nitrogens with two attached hydrogens (primary N) is 1. The predicted octanol–water partition coefficient (Wildman–Crippen LogP) is 3.44. The summed E-state index contributed by atoms with van der Waals surface area (Å²) in [5.74, 6) is 0.538. The molecule has 1 saturated carbocycles. The second-order valence-corrected chi connectivity index (χ2v) is 6.74. The molecule has 1 atom stereocenters. The van der Waals surface area contributed by atoms with Crippen molar-refractivity contribution in [3.05, 3.63) is 35.9 Å². The van der Waals surface area contributed by atoms with Crippen molar-refractivity contribution in [1.29, 1.82) is 0 Å². The Morgan fingerprint density at radius 3 is 2.43 bits per heavy atom. The molecule has 1 aromatic carbocycles. The van der Waals surface area contributed by atoms with Crippen LogP contribution in [0.2, 0.25) is 0 Å². The maximum Gasteiger partial charge on any atom is 0.241 e. The fourth-order valence-electron chi connectivity index (χ4n) is 2.83. The van der Waals surface area contributed by atoms with E-state index in [-0.39, 0.29) is 18.3 Å². The Hall–Kier alpha value is -1.06. The molecule has 0 aliphatic heterocycles. The van der Waals surface area contributed by atoms with Gasteiger partial charge in [0.25, 0.3) is 0 Å². The van der Waals surface area contributed by atoms with Gasteiger partial charge in [0.1, 0.15) is 6.04 Å². The second kappa shape index (κ2) is 7.81. The zero-order valence-electron chi connectivity index (χ0n) is 13.0. The van der Waals surface area contributed by atoms with E-state index in [1.54, 1.807) is 0 Å². The molecular formula is C17H27ClN2O. The van der Waals surface area contributed by atoms with Crippen LogP contribution in [-0.4, -0.2) is 12.5 Å². The molecule has 3 N–H and O–H groups in total. The molecule has 21 heavy (non-hydrogen) atoms. The summed E-state index contributed by atoms with van der Waals surface area (Å²) in [6.45, 7) is 5.41. The van der Waals surface area contributed by atoms with Gasteiger partial charge in [-0.25, -0.2) is 0 Å². The molecule has 0 spiro atoms. The van der Waals surface area contributed by atoms with E-state index >= 15 is 0 Å². The van der Waals surface area contributed by atoms with Crippen LogP contribution in [0.3, 0.4) is 0 Å². The van der Waals surface area contributed by atoms with Crippen molar-refractivity contribution < 1.29 is 4.79 Å². The first kappa shape index (κ1) is 18.0. The molecule has 1 amide bonds. The average Bonchev–Trinajstić information content (AvgIpc) is 2.46. The van der Waals surface area contributed by atoms with E-state index in [0.717, 1.165) is 12.1 Å². The third kappa shape index (κ3) is 5.33. The Morgan fingerprint density at radius 1 is 1.29 bits per heavy atom. The highest BCUT2D eigenvalue weighted by Gasteiger charge is 2.27. The van der Waals surface area contributed by atoms with Gasteiger partial charge in [-0.2, -0.15) is 0 Å². The molecule has 1 aliphatic carbocycles. The first-order valence-corrected chi connectivity index (χ1v) is 7.56. The molecule has 2 rings (SSSR count). The van der Waals surface area contributed by atoms with Gasteiger partial charge in [0.05, 0.1) is 0 Å². The van der Waals surface area contributed by atoms with Crippen molar-refractivity contribution in [3.63, 3.8) is 0 Å². The molecular weight excluding hydrogens is 284 g/mol. The lowest BCUT2D eigenvalue weighted by Gasteiger charge is -2.34. The third-order valence-electron chi connectivity index (χ3n) is 4.46. The summed E-state index contributed by atoms with van der Waals surface area (Å²) < 4.78 is 0. The Bertz CT molecular complexity index is 437. The van der Waals surface area contributed by atoms with Gasteiger partial charge in [-0.3, -0.25) is 4.79 Å². The Morgan fingerprint density at radius 2 is 1.86 bits per heavy atom. The molecule has 0 saturated heterocycles. The minimum atomic E-state index is -0.559. The highest BCUT2D eigenvalue weighted by Crippen LogP contribution is 2.37. The van der Waals surface area contributed by atoms with E-state index < -0.39 is 6.04 Å². The predicted molar refractivity (Wildman–Crippen MR) is 89.4 cm³/mol. The summed E-state index contributed by atoms with van der Waals surface area (Å²) in [5.41, 5.74) is 7.33. The van der Waals surface area contributed by atoms with Gasteiger partial charge >= 0.3 is 0 Å². The first-order chi connectivity index (χ1) is 9.48. The fourth-order valence-corrected chi connectivity index (χ4v) is 2.83. The zero-order chi connectivity index (χ0) is 14.6. The molecule has 1 aliphatic rings. The maximum absolute atomic E-state index is 12.1. The van der Waals surface area contributed by atoms with E-state index in [9.17, 15) is 4.79 Å². The van der Waals surface area contributed by atoms with Crippen LogP contribution in [0.15, 0.2) is 30.3 Å². The van der Waals surface area contributed by atoms with Gasteiger partial charge in [-0.05, 0) is 42.6 Å². The summed E-state index contributed by atoms with van der Waals surface area (Å²) in [4.78, 5) is 12.1. The Kier molecular flexibility index (Phi) is 6.69. The number of halogens is 1. The Balaban J connectivity index is 0.00000220. The number of nitrogens with one attached hydrogen (secondary N) is 1. The normalized spacial score (nSPS) is 19.4. The molecule has 3 nitrogen and oxygen atoms in total. The van der Waals surface area contributed by atoms with Crippen LogP contribution in [0, 0.1) is 11.3 Å². The number of carbonyl (C=O) groups excluding carboxylic acids is 1. The van der Waals surface area contributed by atoms with Gasteiger partial charge in [-0.15, -0.1) is 12.4 Å². The molecule has 1 fully saturated rings. The quantitative estimate of drug-likeness (QED) is 0.895. The van der Waals surface area contributed by atoms with E-state index in [0.29, 0.717) is 11.3 Å². The largest absolute Gasteiger partial charge is 0.354 e. The van der Waals surface area contributed by atoms with Crippen molar-refractivity contribution in [2.45, 2.75) is 45.6 Å². The van der Waals surface area contributed by atoms with Crippen molar-refractivity contribution in [1.82, 2.24) is 5.32 Å². The number of benzene rings is 1. The lowest BCUT2D eigenvalue weighted by atomic mass is 9.73. The highest BCUT2D eigenvalue weighted by molar-refractivity contribution is 5.85. The summed E-state index contributed by atoms with van der Waals surface area (Å²) in [6.07, 6.45) is 4.90. The van der Waals surface area contributed by atoms with Crippen LogP contribution < -0.4 is 11.1 Å². The molecule has 0 heterocycles. The summed E-state index contributed by atoms with van der Waals surface area (Å²) in [7, 11) is 0. The van der Waals surface area contributed by atoms with Crippen LogP contribution in [0.25, 0.3) is 0 Å². The number of hydrogen-bond donors (Lipinski definition) is 2. The first-order valence-electron chi connectivity index (χ1n) is 7.56. The SMILES string of the molecule is CC1(C)CCC(CNC(=O)C(N)c2ccccc2)CC1.Cl. The smallest absolute Gasteiger partial charge is 0.241 e. The monoisotopic (exact) mass is 310 g/mol. The van der Waals surface area contributed by atoms with Crippen LogP contribution in [-0.2, 0) is 4.79 Å². The maximum atomic E-state index is 12.1. The topological polar surface area (TPSA) is 55.1 Å². The third-order valence-corrected chi connectivity index (χ3v) is 4.46. The van der Waals surface area contributed by atoms with Crippen molar-refractivity contribution in [2.24, 2.45) is 17.1 Å². The van der Waals surface area contributed by atoms with Gasteiger partial charge in [0.2, 0.25) is 5.91 Å². The summed E-state index contributed by atoms with van der Waals surface area (Å²) >= 11 is 0. The second-order valence-electron chi connectivity index (χ2n) is 6.74. The van der Waals surface area contributed by atoms with Gasteiger partial charge in [0.15, 0.2) is 0 Å². The van der Waals surface area contributed by atoms with Crippen molar-refractivity contribution in [2.75, 3.05) is 6.54 Å². The van der Waals surface area contributed by atoms with Gasteiger partial charge in [-0.1, -0.05) is 44.2 Å². The molecule has 118 valence electrons. The molecule has 1 aromatic rings. The van der Waals surface area contributed by atoms with Crippen LogP contribution in [0.4, 0.5) is 0 Å². The van der Waals surface area contributed by atoms with Crippen LogP contribution >= 0.6 is 12.4 Å². The van der Waals surface area contributed by atoms with E-state index in [1.165, 1.54) is 25.7 Å². The van der Waals surface area contributed by atoms with Crippen molar-refractivity contribution >= 4 is 18.3 Å². The Labute approximate surface area is 134 Å². The summed E-state index contributed by atoms with van der Waals surface area (Å²) in [5, 5.41) is 3.01. The van der Waals surface area contributed by atoms with Gasteiger partial charge in [0, 0.05) is 6.54 Å². The number of hydrogen-bond acceptors (Lipinski definition) is 2.